The Hall–Kier alpha value is -1.95. The number of nitrogens with zero attached hydrogens (tertiary/aromatic N) is 2. The molecule has 3 amide bonds. The minimum Gasteiger partial charge on any atom is -0.316 e. The molecular formula is C11H10ClN3O3. The van der Waals surface area contributed by atoms with Crippen LogP contribution in [0.15, 0.2) is 18.3 Å². The summed E-state index contributed by atoms with van der Waals surface area (Å²) in [4.78, 5) is 39.9. The van der Waals surface area contributed by atoms with Crippen LogP contribution in [0.5, 0.6) is 0 Å². The van der Waals surface area contributed by atoms with E-state index in [0.717, 1.165) is 0 Å². The second-order valence-electron chi connectivity index (χ2n) is 3.88. The summed E-state index contributed by atoms with van der Waals surface area (Å²) in [5, 5.41) is 2.53. The van der Waals surface area contributed by atoms with Gasteiger partial charge in [-0.2, -0.15) is 0 Å². The Morgan fingerprint density at radius 2 is 2.28 bits per heavy atom. The number of hydrogen-bond donors (Lipinski definition) is 1. The van der Waals surface area contributed by atoms with Crippen LogP contribution in [0.2, 0.25) is 5.02 Å². The Labute approximate surface area is 108 Å². The third-order valence-electron chi connectivity index (χ3n) is 2.63. The van der Waals surface area contributed by atoms with E-state index >= 15 is 0 Å². The molecule has 94 valence electrons. The normalized spacial score (nSPS) is 19.7. The van der Waals surface area contributed by atoms with Crippen LogP contribution in [0.25, 0.3) is 0 Å². The number of carbonyl (C=O) groups excluding carboxylic acids is 3. The van der Waals surface area contributed by atoms with Gasteiger partial charge >= 0.3 is 0 Å². The molecule has 1 N–H and O–H groups in total. The molecule has 6 nitrogen and oxygen atoms in total. The summed E-state index contributed by atoms with van der Waals surface area (Å²) < 4.78 is 0. The number of carbonyl (C=O) groups is 3. The highest BCUT2D eigenvalue weighted by Gasteiger charge is 2.34. The van der Waals surface area contributed by atoms with E-state index < -0.39 is 23.8 Å². The molecule has 0 bridgehead atoms. The maximum atomic E-state index is 12.1. The van der Waals surface area contributed by atoms with Crippen molar-refractivity contribution in [2.45, 2.75) is 13.0 Å². The molecule has 0 radical (unpaired) electrons. The smallest absolute Gasteiger partial charge is 0.273 e. The van der Waals surface area contributed by atoms with Crippen molar-refractivity contribution in [3.05, 3.63) is 29.0 Å². The molecule has 18 heavy (non-hydrogen) atoms. The van der Waals surface area contributed by atoms with Crippen molar-refractivity contribution < 1.29 is 14.4 Å². The minimum atomic E-state index is -0.712. The molecule has 7 heteroatoms. The number of pyridine rings is 1. The summed E-state index contributed by atoms with van der Waals surface area (Å²) in [6.07, 6.45) is 1.39. The number of amides is 3. The van der Waals surface area contributed by atoms with E-state index in [1.807, 2.05) is 0 Å². The first-order valence-electron chi connectivity index (χ1n) is 5.25. The molecule has 2 heterocycles. The molecule has 0 aliphatic carbocycles. The van der Waals surface area contributed by atoms with Gasteiger partial charge in [-0.15, -0.1) is 0 Å². The van der Waals surface area contributed by atoms with Crippen LogP contribution in [0, 0.1) is 0 Å². The van der Waals surface area contributed by atoms with Crippen molar-refractivity contribution >= 4 is 29.3 Å². The quantitative estimate of drug-likeness (QED) is 0.739. The third kappa shape index (κ3) is 2.33. The van der Waals surface area contributed by atoms with Gasteiger partial charge in [0.2, 0.25) is 11.8 Å². The number of nitrogens with one attached hydrogen (secondary N) is 1. The van der Waals surface area contributed by atoms with Crippen molar-refractivity contribution in [1.82, 2.24) is 15.2 Å². The zero-order valence-electron chi connectivity index (χ0n) is 9.51. The minimum absolute atomic E-state index is 0.108. The van der Waals surface area contributed by atoms with Crippen LogP contribution in [0.1, 0.15) is 17.4 Å². The highest BCUT2D eigenvalue weighted by molar-refractivity contribution is 6.30. The summed E-state index contributed by atoms with van der Waals surface area (Å²) in [6.45, 7) is 1.38. The van der Waals surface area contributed by atoms with Gasteiger partial charge in [0.15, 0.2) is 0 Å². The Balaban J connectivity index is 2.27. The predicted octanol–water partition coefficient (Wildman–Crippen LogP) is 0.222. The van der Waals surface area contributed by atoms with Crippen molar-refractivity contribution in [2.75, 3.05) is 6.54 Å². The molecule has 2 rings (SSSR count). The van der Waals surface area contributed by atoms with Gasteiger partial charge in [-0.3, -0.25) is 24.7 Å². The predicted molar refractivity (Wildman–Crippen MR) is 62.9 cm³/mol. The first-order valence-corrected chi connectivity index (χ1v) is 5.63. The van der Waals surface area contributed by atoms with Gasteiger partial charge in [0.1, 0.15) is 18.3 Å². The van der Waals surface area contributed by atoms with Crippen molar-refractivity contribution in [2.24, 2.45) is 0 Å². The molecule has 1 aliphatic rings. The molecule has 1 saturated heterocycles. The van der Waals surface area contributed by atoms with E-state index in [1.165, 1.54) is 23.2 Å². The number of aromatic nitrogens is 1. The van der Waals surface area contributed by atoms with Gasteiger partial charge < -0.3 is 4.90 Å². The van der Waals surface area contributed by atoms with Crippen LogP contribution in [0.4, 0.5) is 0 Å². The van der Waals surface area contributed by atoms with E-state index in [9.17, 15) is 14.4 Å². The van der Waals surface area contributed by atoms with E-state index in [2.05, 4.69) is 10.3 Å². The number of imide groups is 1. The van der Waals surface area contributed by atoms with E-state index in [0.29, 0.717) is 5.02 Å². The molecule has 1 unspecified atom stereocenters. The van der Waals surface area contributed by atoms with Gasteiger partial charge in [0, 0.05) is 11.2 Å². The Bertz CT molecular complexity index is 532. The van der Waals surface area contributed by atoms with Crippen LogP contribution in [0.3, 0.4) is 0 Å². The van der Waals surface area contributed by atoms with E-state index in [-0.39, 0.29) is 12.2 Å². The third-order valence-corrected chi connectivity index (χ3v) is 2.86. The van der Waals surface area contributed by atoms with Gasteiger partial charge in [0.05, 0.1) is 0 Å². The van der Waals surface area contributed by atoms with Gasteiger partial charge in [-0.05, 0) is 19.1 Å². The molecule has 1 aromatic heterocycles. The van der Waals surface area contributed by atoms with Gasteiger partial charge in [0.25, 0.3) is 5.91 Å². The molecular weight excluding hydrogens is 258 g/mol. The second kappa shape index (κ2) is 4.73. The topological polar surface area (TPSA) is 79.4 Å². The summed E-state index contributed by atoms with van der Waals surface area (Å²) in [5.41, 5.74) is 0.108. The number of halogens is 1. The number of rotatable bonds is 1. The first-order chi connectivity index (χ1) is 8.49. The number of piperazine rings is 1. The summed E-state index contributed by atoms with van der Waals surface area (Å²) in [5.74, 6) is -1.50. The standard InChI is InChI=1S/C11H10ClN3O3/c1-6-10(17)14-9(16)5-15(6)11(18)8-4-7(12)2-3-13-8/h2-4,6H,5H2,1H3,(H,14,16,17). The second-order valence-corrected chi connectivity index (χ2v) is 4.32. The molecule has 1 aromatic rings. The van der Waals surface area contributed by atoms with Gasteiger partial charge in [-0.1, -0.05) is 11.6 Å². The lowest BCUT2D eigenvalue weighted by atomic mass is 10.2. The van der Waals surface area contributed by atoms with E-state index in [1.54, 1.807) is 6.92 Å². The lowest BCUT2D eigenvalue weighted by Gasteiger charge is -2.31. The van der Waals surface area contributed by atoms with Crippen LogP contribution in [-0.2, 0) is 9.59 Å². The average molecular weight is 268 g/mol. The summed E-state index contributed by atoms with van der Waals surface area (Å²) in [6, 6.07) is 2.22. The molecule has 0 spiro atoms. The zero-order valence-corrected chi connectivity index (χ0v) is 10.3. The van der Waals surface area contributed by atoms with Crippen LogP contribution < -0.4 is 5.32 Å². The molecule has 1 aliphatic heterocycles. The number of hydrogen-bond acceptors (Lipinski definition) is 4. The Morgan fingerprint density at radius 3 is 2.94 bits per heavy atom. The molecule has 0 aromatic carbocycles. The van der Waals surface area contributed by atoms with Crippen LogP contribution in [-0.4, -0.2) is 40.2 Å². The highest BCUT2D eigenvalue weighted by Crippen LogP contribution is 2.13. The largest absolute Gasteiger partial charge is 0.316 e. The fourth-order valence-electron chi connectivity index (χ4n) is 1.63. The summed E-state index contributed by atoms with van der Waals surface area (Å²) >= 11 is 5.76. The van der Waals surface area contributed by atoms with E-state index in [4.69, 9.17) is 11.6 Å². The Kier molecular flexibility index (Phi) is 3.29. The van der Waals surface area contributed by atoms with Crippen molar-refractivity contribution in [1.29, 1.82) is 0 Å². The average Bonchev–Trinajstić information content (AvgIpc) is 2.33. The van der Waals surface area contributed by atoms with Crippen molar-refractivity contribution in [3.8, 4) is 0 Å². The molecule has 1 atom stereocenters. The van der Waals surface area contributed by atoms with Crippen molar-refractivity contribution in [3.63, 3.8) is 0 Å². The summed E-state index contributed by atoms with van der Waals surface area (Å²) in [7, 11) is 0. The van der Waals surface area contributed by atoms with Gasteiger partial charge in [-0.25, -0.2) is 0 Å². The van der Waals surface area contributed by atoms with Crippen LogP contribution >= 0.6 is 11.6 Å². The zero-order chi connectivity index (χ0) is 13.3. The first kappa shape index (κ1) is 12.5. The fraction of sp³-hybridized carbons (Fsp3) is 0.273. The molecule has 0 saturated carbocycles. The monoisotopic (exact) mass is 267 g/mol. The maximum absolute atomic E-state index is 12.1. The lowest BCUT2D eigenvalue weighted by molar-refractivity contribution is -0.138. The Morgan fingerprint density at radius 1 is 1.56 bits per heavy atom. The fourth-order valence-corrected chi connectivity index (χ4v) is 1.79. The lowest BCUT2D eigenvalue weighted by Crippen LogP contribution is -2.58. The SMILES string of the molecule is CC1C(=O)NC(=O)CN1C(=O)c1cc(Cl)ccn1. The highest BCUT2D eigenvalue weighted by atomic mass is 35.5. The maximum Gasteiger partial charge on any atom is 0.273 e. The molecule has 1 fully saturated rings.